The van der Waals surface area contributed by atoms with Crippen molar-refractivity contribution in [3.63, 3.8) is 0 Å². The van der Waals surface area contributed by atoms with Crippen molar-refractivity contribution in [1.29, 1.82) is 0 Å². The molecule has 0 aliphatic heterocycles. The summed E-state index contributed by atoms with van der Waals surface area (Å²) in [5, 5.41) is 2.80. The molecule has 112 valence electrons. The van der Waals surface area contributed by atoms with E-state index in [-0.39, 0.29) is 5.97 Å². The third-order valence-corrected chi connectivity index (χ3v) is 4.18. The third kappa shape index (κ3) is 2.67. The Hall–Kier alpha value is -2.40. The van der Waals surface area contributed by atoms with Crippen LogP contribution in [0.15, 0.2) is 41.8 Å². The second-order valence-corrected chi connectivity index (χ2v) is 5.56. The average Bonchev–Trinajstić information content (AvgIpc) is 3.03. The maximum atomic E-state index is 12.3. The van der Waals surface area contributed by atoms with Crippen molar-refractivity contribution in [1.82, 2.24) is 4.98 Å². The number of carbonyl (C=O) groups excluding carboxylic acids is 1. The van der Waals surface area contributed by atoms with Crippen LogP contribution in [0.5, 0.6) is 5.75 Å². The Balaban J connectivity index is 2.20. The standard InChI is InChI=1S/C17H15NO3S/c1-3-21-17(19)13-8-11-6-4-5-7-14(11)18-16(13)15-9-12(20-2)10-22-15/h4-10H,3H2,1-2H3. The molecule has 0 radical (unpaired) electrons. The Morgan fingerprint density at radius 1 is 1.27 bits per heavy atom. The molecule has 0 saturated carbocycles. The predicted molar refractivity (Wildman–Crippen MR) is 87.6 cm³/mol. The first-order valence-corrected chi connectivity index (χ1v) is 7.80. The highest BCUT2D eigenvalue weighted by atomic mass is 32.1. The molecule has 3 rings (SSSR count). The number of methoxy groups -OCH3 is 1. The molecule has 2 heterocycles. The summed E-state index contributed by atoms with van der Waals surface area (Å²) in [4.78, 5) is 17.8. The number of esters is 1. The molecule has 0 fully saturated rings. The van der Waals surface area contributed by atoms with Crippen LogP contribution in [0.1, 0.15) is 17.3 Å². The lowest BCUT2D eigenvalue weighted by Gasteiger charge is -2.08. The summed E-state index contributed by atoms with van der Waals surface area (Å²) in [5.41, 5.74) is 1.95. The Morgan fingerprint density at radius 2 is 2.09 bits per heavy atom. The van der Waals surface area contributed by atoms with E-state index in [1.165, 1.54) is 11.3 Å². The fourth-order valence-corrected chi connectivity index (χ4v) is 3.08. The number of para-hydroxylation sites is 1. The van der Waals surface area contributed by atoms with E-state index < -0.39 is 0 Å². The largest absolute Gasteiger partial charge is 0.496 e. The van der Waals surface area contributed by atoms with E-state index in [9.17, 15) is 4.79 Å². The van der Waals surface area contributed by atoms with Gasteiger partial charge >= 0.3 is 5.97 Å². The van der Waals surface area contributed by atoms with Gasteiger partial charge in [-0.2, -0.15) is 0 Å². The summed E-state index contributed by atoms with van der Waals surface area (Å²) in [7, 11) is 1.62. The van der Waals surface area contributed by atoms with Gasteiger partial charge in [-0.1, -0.05) is 18.2 Å². The van der Waals surface area contributed by atoms with Crippen LogP contribution in [0.25, 0.3) is 21.5 Å². The number of pyridine rings is 1. The van der Waals surface area contributed by atoms with Gasteiger partial charge in [-0.3, -0.25) is 0 Å². The smallest absolute Gasteiger partial charge is 0.340 e. The summed E-state index contributed by atoms with van der Waals surface area (Å²) in [5.74, 6) is 0.396. The monoisotopic (exact) mass is 313 g/mol. The molecule has 0 N–H and O–H groups in total. The SMILES string of the molecule is CCOC(=O)c1cc2ccccc2nc1-c1cc(OC)cs1. The molecule has 4 nitrogen and oxygen atoms in total. The van der Waals surface area contributed by atoms with Gasteiger partial charge in [0, 0.05) is 16.8 Å². The van der Waals surface area contributed by atoms with Gasteiger partial charge in [-0.25, -0.2) is 9.78 Å². The lowest BCUT2D eigenvalue weighted by Crippen LogP contribution is -2.07. The van der Waals surface area contributed by atoms with E-state index in [1.807, 2.05) is 41.8 Å². The second-order valence-electron chi connectivity index (χ2n) is 4.65. The number of ether oxygens (including phenoxy) is 2. The third-order valence-electron chi connectivity index (χ3n) is 3.26. The molecular weight excluding hydrogens is 298 g/mol. The van der Waals surface area contributed by atoms with Gasteiger partial charge in [-0.15, -0.1) is 11.3 Å². The Bertz CT molecular complexity index is 826. The first kappa shape index (κ1) is 14.5. The lowest BCUT2D eigenvalue weighted by molar-refractivity contribution is 0.0527. The van der Waals surface area contributed by atoms with Gasteiger partial charge in [0.2, 0.25) is 0 Å². The molecule has 0 bridgehead atoms. The summed E-state index contributed by atoms with van der Waals surface area (Å²) < 4.78 is 10.4. The number of fused-ring (bicyclic) bond motifs is 1. The summed E-state index contributed by atoms with van der Waals surface area (Å²) in [6.07, 6.45) is 0. The van der Waals surface area contributed by atoms with Gasteiger partial charge in [0.25, 0.3) is 0 Å². The lowest BCUT2D eigenvalue weighted by atomic mass is 10.1. The van der Waals surface area contributed by atoms with Crippen molar-refractivity contribution in [3.05, 3.63) is 47.3 Å². The molecule has 0 unspecified atom stereocenters. The minimum atomic E-state index is -0.358. The zero-order valence-electron chi connectivity index (χ0n) is 12.3. The number of nitrogens with zero attached hydrogens (tertiary/aromatic N) is 1. The molecule has 1 aromatic carbocycles. The molecule has 2 aromatic heterocycles. The van der Waals surface area contributed by atoms with Crippen LogP contribution >= 0.6 is 11.3 Å². The van der Waals surface area contributed by atoms with Gasteiger partial charge < -0.3 is 9.47 Å². The molecule has 0 aliphatic rings. The van der Waals surface area contributed by atoms with Crippen LogP contribution in [-0.4, -0.2) is 24.7 Å². The van der Waals surface area contributed by atoms with Crippen LogP contribution in [0.4, 0.5) is 0 Å². The van der Waals surface area contributed by atoms with Crippen molar-refractivity contribution in [3.8, 4) is 16.3 Å². The van der Waals surface area contributed by atoms with E-state index in [0.29, 0.717) is 17.9 Å². The van der Waals surface area contributed by atoms with Crippen LogP contribution in [0.2, 0.25) is 0 Å². The molecule has 0 atom stereocenters. The maximum absolute atomic E-state index is 12.3. The number of hydrogen-bond acceptors (Lipinski definition) is 5. The number of aromatic nitrogens is 1. The van der Waals surface area contributed by atoms with Crippen molar-refractivity contribution in [2.45, 2.75) is 6.92 Å². The fourth-order valence-electron chi connectivity index (χ4n) is 2.22. The average molecular weight is 313 g/mol. The highest BCUT2D eigenvalue weighted by molar-refractivity contribution is 7.13. The van der Waals surface area contributed by atoms with E-state index in [4.69, 9.17) is 9.47 Å². The summed E-state index contributed by atoms with van der Waals surface area (Å²) >= 11 is 1.49. The Labute approximate surface area is 132 Å². The van der Waals surface area contributed by atoms with E-state index in [2.05, 4.69) is 4.98 Å². The van der Waals surface area contributed by atoms with Crippen LogP contribution in [0, 0.1) is 0 Å². The van der Waals surface area contributed by atoms with Gasteiger partial charge in [0.15, 0.2) is 0 Å². The zero-order valence-corrected chi connectivity index (χ0v) is 13.1. The fraction of sp³-hybridized carbons (Fsp3) is 0.176. The number of hydrogen-bond donors (Lipinski definition) is 0. The molecule has 5 heteroatoms. The number of benzene rings is 1. The summed E-state index contributed by atoms with van der Waals surface area (Å²) in [6.45, 7) is 2.12. The highest BCUT2D eigenvalue weighted by Gasteiger charge is 2.18. The quantitative estimate of drug-likeness (QED) is 0.679. The normalized spacial score (nSPS) is 10.6. The van der Waals surface area contributed by atoms with E-state index >= 15 is 0 Å². The van der Waals surface area contributed by atoms with E-state index in [1.54, 1.807) is 14.0 Å². The molecule has 0 spiro atoms. The van der Waals surface area contributed by atoms with Gasteiger partial charge in [-0.05, 0) is 19.1 Å². The topological polar surface area (TPSA) is 48.4 Å². The zero-order chi connectivity index (χ0) is 15.5. The molecular formula is C17H15NO3S. The van der Waals surface area contributed by atoms with Crippen molar-refractivity contribution in [2.24, 2.45) is 0 Å². The highest BCUT2D eigenvalue weighted by Crippen LogP contribution is 2.33. The molecule has 3 aromatic rings. The van der Waals surface area contributed by atoms with Crippen LogP contribution in [0.3, 0.4) is 0 Å². The van der Waals surface area contributed by atoms with Crippen LogP contribution in [-0.2, 0) is 4.74 Å². The van der Waals surface area contributed by atoms with Crippen molar-refractivity contribution in [2.75, 3.05) is 13.7 Å². The molecule has 0 saturated heterocycles. The first-order chi connectivity index (χ1) is 10.7. The molecule has 0 amide bonds. The Kier molecular flexibility index (Phi) is 4.06. The molecule has 0 aliphatic carbocycles. The number of thiophene rings is 1. The first-order valence-electron chi connectivity index (χ1n) is 6.92. The summed E-state index contributed by atoms with van der Waals surface area (Å²) in [6, 6.07) is 11.4. The van der Waals surface area contributed by atoms with E-state index in [0.717, 1.165) is 21.5 Å². The maximum Gasteiger partial charge on any atom is 0.340 e. The Morgan fingerprint density at radius 3 is 2.82 bits per heavy atom. The van der Waals surface area contributed by atoms with Crippen LogP contribution < -0.4 is 4.74 Å². The van der Waals surface area contributed by atoms with Crippen molar-refractivity contribution >= 4 is 28.2 Å². The minimum Gasteiger partial charge on any atom is -0.496 e. The molecule has 22 heavy (non-hydrogen) atoms. The van der Waals surface area contributed by atoms with Gasteiger partial charge in [0.1, 0.15) is 5.75 Å². The predicted octanol–water partition coefficient (Wildman–Crippen LogP) is 4.15. The second kappa shape index (κ2) is 6.15. The van der Waals surface area contributed by atoms with Gasteiger partial charge in [0.05, 0.1) is 35.4 Å². The van der Waals surface area contributed by atoms with Crippen molar-refractivity contribution < 1.29 is 14.3 Å². The number of carbonyl (C=O) groups is 1. The minimum absolute atomic E-state index is 0.332. The number of rotatable bonds is 4.